The zero-order valence-corrected chi connectivity index (χ0v) is 27.8. The summed E-state index contributed by atoms with van der Waals surface area (Å²) >= 11 is 0. The largest absolute Gasteiger partial charge is 0.370 e. The van der Waals surface area contributed by atoms with Crippen molar-refractivity contribution in [1.29, 1.82) is 5.41 Å². The second-order valence-corrected chi connectivity index (χ2v) is 13.8. The highest BCUT2D eigenvalue weighted by Gasteiger charge is 2.28. The average Bonchev–Trinajstić information content (AvgIpc) is 3.10. The summed E-state index contributed by atoms with van der Waals surface area (Å²) in [5.74, 6) is -1.03. The van der Waals surface area contributed by atoms with Gasteiger partial charge in [0.15, 0.2) is 5.96 Å². The van der Waals surface area contributed by atoms with Crippen LogP contribution < -0.4 is 26.4 Å². The Labute approximate surface area is 286 Å². The Bertz CT molecular complexity index is 1900. The number of nitrogens with one attached hydrogen (secondary N) is 5. The van der Waals surface area contributed by atoms with Gasteiger partial charge in [0.05, 0.1) is 4.90 Å². The van der Waals surface area contributed by atoms with Gasteiger partial charge in [0.2, 0.25) is 27.7 Å². The predicted molar refractivity (Wildman–Crippen MR) is 190 cm³/mol. The lowest BCUT2D eigenvalue weighted by Crippen LogP contribution is -2.51. The number of anilines is 2. The van der Waals surface area contributed by atoms with E-state index in [1.807, 2.05) is 42.5 Å². The monoisotopic (exact) mass is 683 g/mol. The number of piperidine rings is 1. The fourth-order valence-electron chi connectivity index (χ4n) is 5.75. The molecule has 0 saturated carbocycles. The van der Waals surface area contributed by atoms with E-state index in [0.29, 0.717) is 36.6 Å². The van der Waals surface area contributed by atoms with Crippen molar-refractivity contribution in [3.8, 4) is 0 Å². The van der Waals surface area contributed by atoms with Gasteiger partial charge in [0.25, 0.3) is 0 Å². The molecule has 0 aliphatic carbocycles. The van der Waals surface area contributed by atoms with Crippen molar-refractivity contribution in [3.05, 3.63) is 103 Å². The van der Waals surface area contributed by atoms with Crippen LogP contribution in [0.4, 0.5) is 11.4 Å². The summed E-state index contributed by atoms with van der Waals surface area (Å²) in [7, 11) is -4.09. The lowest BCUT2D eigenvalue weighted by Gasteiger charge is -2.33. The number of sulfonamides is 1. The van der Waals surface area contributed by atoms with E-state index in [4.69, 9.17) is 11.1 Å². The first-order valence-corrected chi connectivity index (χ1v) is 17.7. The fraction of sp³-hybridized carbons (Fsp3) is 0.278. The van der Waals surface area contributed by atoms with Gasteiger partial charge in [-0.05, 0) is 77.9 Å². The Morgan fingerprint density at radius 2 is 1.47 bits per heavy atom. The average molecular weight is 684 g/mol. The van der Waals surface area contributed by atoms with Gasteiger partial charge < -0.3 is 26.6 Å². The minimum atomic E-state index is -4.09. The van der Waals surface area contributed by atoms with Crippen LogP contribution in [-0.2, 0) is 30.8 Å². The summed E-state index contributed by atoms with van der Waals surface area (Å²) < 4.78 is 29.8. The number of carbonyl (C=O) groups excluding carboxylic acids is 3. The number of hydrogen-bond donors (Lipinski definition) is 6. The number of amides is 3. The molecule has 4 aromatic carbocycles. The van der Waals surface area contributed by atoms with Crippen LogP contribution >= 0.6 is 0 Å². The Hall–Kier alpha value is -5.27. The number of fused-ring (bicyclic) bond motifs is 1. The number of carbonyl (C=O) groups is 3. The molecule has 3 amide bonds. The van der Waals surface area contributed by atoms with Crippen LogP contribution in [0, 0.1) is 11.3 Å². The molecule has 7 N–H and O–H groups in total. The third-order valence-corrected chi connectivity index (χ3v) is 9.85. The minimum absolute atomic E-state index is 0.00904. The van der Waals surface area contributed by atoms with Gasteiger partial charge in [0.1, 0.15) is 6.04 Å². The minimum Gasteiger partial charge on any atom is -0.370 e. The summed E-state index contributed by atoms with van der Waals surface area (Å²) in [5, 5.41) is 17.8. The molecule has 2 atom stereocenters. The van der Waals surface area contributed by atoms with Gasteiger partial charge >= 0.3 is 0 Å². The number of guanidine groups is 1. The Morgan fingerprint density at radius 1 is 0.837 bits per heavy atom. The van der Waals surface area contributed by atoms with Crippen LogP contribution in [-0.4, -0.2) is 62.7 Å². The lowest BCUT2D eigenvalue weighted by atomic mass is 9.98. The molecule has 256 valence electrons. The molecule has 13 heteroatoms. The van der Waals surface area contributed by atoms with Gasteiger partial charge in [-0.15, -0.1) is 0 Å². The van der Waals surface area contributed by atoms with Crippen molar-refractivity contribution >= 4 is 55.9 Å². The first-order chi connectivity index (χ1) is 23.6. The van der Waals surface area contributed by atoms with Crippen molar-refractivity contribution in [2.75, 3.05) is 30.3 Å². The Morgan fingerprint density at radius 3 is 2.14 bits per heavy atom. The van der Waals surface area contributed by atoms with E-state index in [0.717, 1.165) is 23.6 Å². The topological polar surface area (TPSA) is 187 Å². The van der Waals surface area contributed by atoms with E-state index in [2.05, 4.69) is 20.7 Å². The molecule has 0 aromatic heterocycles. The number of nitrogens with zero attached hydrogens (tertiary/aromatic N) is 1. The van der Waals surface area contributed by atoms with E-state index in [9.17, 15) is 22.8 Å². The Kier molecular flexibility index (Phi) is 11.6. The fourth-order valence-corrected chi connectivity index (χ4v) is 6.98. The number of benzene rings is 4. The third kappa shape index (κ3) is 10.1. The quantitative estimate of drug-likeness (QED) is 0.0914. The molecular formula is C36H41N7O5S. The van der Waals surface area contributed by atoms with Gasteiger partial charge in [-0.1, -0.05) is 60.7 Å². The molecule has 0 spiro atoms. The molecule has 0 bridgehead atoms. The van der Waals surface area contributed by atoms with Crippen molar-refractivity contribution in [2.45, 2.75) is 43.0 Å². The summed E-state index contributed by atoms with van der Waals surface area (Å²) in [4.78, 5) is 40.1. The highest BCUT2D eigenvalue weighted by atomic mass is 32.2. The van der Waals surface area contributed by atoms with Gasteiger partial charge in [-0.2, -0.15) is 4.72 Å². The van der Waals surface area contributed by atoms with Crippen LogP contribution in [0.1, 0.15) is 31.2 Å². The van der Waals surface area contributed by atoms with E-state index in [-0.39, 0.29) is 47.8 Å². The number of nitrogens with two attached hydrogens (primary N) is 1. The third-order valence-electron chi connectivity index (χ3n) is 8.38. The van der Waals surface area contributed by atoms with Gasteiger partial charge in [-0.25, -0.2) is 8.42 Å². The van der Waals surface area contributed by atoms with E-state index < -0.39 is 22.0 Å². The second-order valence-electron chi connectivity index (χ2n) is 12.1. The number of likely N-dealkylation sites (tertiary alicyclic amines) is 1. The number of hydrogen-bond acceptors (Lipinski definition) is 6. The highest BCUT2D eigenvalue weighted by molar-refractivity contribution is 7.89. The molecule has 1 aliphatic heterocycles. The highest BCUT2D eigenvalue weighted by Crippen LogP contribution is 2.21. The van der Waals surface area contributed by atoms with Crippen LogP contribution in [0.3, 0.4) is 0 Å². The summed E-state index contributed by atoms with van der Waals surface area (Å²) in [6.07, 6.45) is 1.74. The van der Waals surface area contributed by atoms with Gasteiger partial charge in [-0.3, -0.25) is 19.8 Å². The molecule has 1 fully saturated rings. The van der Waals surface area contributed by atoms with Crippen LogP contribution in [0.15, 0.2) is 102 Å². The zero-order valence-electron chi connectivity index (χ0n) is 27.0. The Balaban J connectivity index is 1.23. The van der Waals surface area contributed by atoms with Crippen molar-refractivity contribution in [3.63, 3.8) is 0 Å². The van der Waals surface area contributed by atoms with Gasteiger partial charge in [0, 0.05) is 43.9 Å². The van der Waals surface area contributed by atoms with E-state index in [1.165, 1.54) is 6.07 Å². The van der Waals surface area contributed by atoms with Crippen LogP contribution in [0.5, 0.6) is 0 Å². The summed E-state index contributed by atoms with van der Waals surface area (Å²) in [5.41, 5.74) is 7.50. The molecule has 1 saturated heterocycles. The van der Waals surface area contributed by atoms with Crippen molar-refractivity contribution < 1.29 is 22.8 Å². The smallest absolute Gasteiger partial charge is 0.241 e. The molecule has 0 unspecified atom stereocenters. The first-order valence-electron chi connectivity index (χ1n) is 16.2. The molecule has 12 nitrogen and oxygen atoms in total. The molecule has 5 rings (SSSR count). The molecule has 0 radical (unpaired) electrons. The van der Waals surface area contributed by atoms with Crippen molar-refractivity contribution in [1.82, 2.24) is 14.9 Å². The lowest BCUT2D eigenvalue weighted by molar-refractivity contribution is -0.123. The van der Waals surface area contributed by atoms with Crippen LogP contribution in [0.25, 0.3) is 10.8 Å². The van der Waals surface area contributed by atoms with E-state index >= 15 is 0 Å². The maximum Gasteiger partial charge on any atom is 0.241 e. The summed E-state index contributed by atoms with van der Waals surface area (Å²) in [6, 6.07) is 26.9. The SMILES string of the molecule is N=C(N)N1CCC[C@@H](CNC(=O)[C@@H](Cc2ccc(NC(=O)CCC(=O)Nc3ccccc3)cc2)NS(=O)(=O)c2ccc3ccccc3c2)C1. The second kappa shape index (κ2) is 16.2. The first kappa shape index (κ1) is 35.0. The zero-order chi connectivity index (χ0) is 34.8. The van der Waals surface area contributed by atoms with Crippen molar-refractivity contribution in [2.24, 2.45) is 11.7 Å². The molecule has 1 aliphatic rings. The van der Waals surface area contributed by atoms with Crippen LogP contribution in [0.2, 0.25) is 0 Å². The van der Waals surface area contributed by atoms with E-state index in [1.54, 1.807) is 53.4 Å². The number of rotatable bonds is 13. The molecule has 4 aromatic rings. The summed E-state index contributed by atoms with van der Waals surface area (Å²) in [6.45, 7) is 1.53. The predicted octanol–water partition coefficient (Wildman–Crippen LogP) is 3.81. The molecular weight excluding hydrogens is 643 g/mol. The normalized spacial score (nSPS) is 15.3. The maximum atomic E-state index is 13.6. The maximum absolute atomic E-state index is 13.6. The number of para-hydroxylation sites is 1. The molecule has 49 heavy (non-hydrogen) atoms. The standard InChI is InChI=1S/C36H41N7O5S/c37-36(38)43-20-6-7-26(24-43)23-39-35(46)32(42-49(47,48)31-17-14-27-8-4-5-9-28(27)22-31)21-25-12-15-30(16-13-25)41-34(45)19-18-33(44)40-29-10-2-1-3-11-29/h1-5,8-17,22,26,32,42H,6-7,18-21,23-24H2,(H3,37,38)(H,39,46)(H,40,44)(H,41,45)/t26-,32+/m0/s1. The molecule has 1 heterocycles.